The third-order valence-corrected chi connectivity index (χ3v) is 5.96. The molecule has 0 saturated heterocycles. The van der Waals surface area contributed by atoms with Gasteiger partial charge in [0.1, 0.15) is 5.75 Å². The summed E-state index contributed by atoms with van der Waals surface area (Å²) in [5.41, 5.74) is 5.38. The molecule has 120 valence electrons. The lowest BCUT2D eigenvalue weighted by Gasteiger charge is -2.23. The van der Waals surface area contributed by atoms with E-state index in [1.807, 2.05) is 0 Å². The smallest absolute Gasteiger partial charge is 0.292 e. The van der Waals surface area contributed by atoms with Crippen molar-refractivity contribution in [2.45, 2.75) is 26.0 Å². The van der Waals surface area contributed by atoms with Gasteiger partial charge in [-0.3, -0.25) is 0 Å². The third-order valence-electron chi connectivity index (χ3n) is 5.96. The lowest BCUT2D eigenvalue weighted by molar-refractivity contribution is -0.717. The zero-order valence-corrected chi connectivity index (χ0v) is 14.3. The van der Waals surface area contributed by atoms with Crippen molar-refractivity contribution in [3.05, 3.63) is 71.9 Å². The Hall–Kier alpha value is -2.87. The van der Waals surface area contributed by atoms with E-state index in [9.17, 15) is 0 Å². The molecule has 0 N–H and O–H groups in total. The molecule has 0 radical (unpaired) electrons. The molecule has 2 heterocycles. The lowest BCUT2D eigenvalue weighted by Crippen LogP contribution is -2.41. The van der Waals surface area contributed by atoms with Gasteiger partial charge < -0.3 is 4.74 Å². The van der Waals surface area contributed by atoms with Crippen molar-refractivity contribution in [2.75, 3.05) is 0 Å². The number of hydrogen-bond donors (Lipinski definition) is 0. The third kappa shape index (κ3) is 1.49. The van der Waals surface area contributed by atoms with Crippen LogP contribution in [-0.2, 0) is 12.1 Å². The predicted molar refractivity (Wildman–Crippen MR) is 99.8 cm³/mol. The van der Waals surface area contributed by atoms with Crippen LogP contribution in [0.15, 0.2) is 60.8 Å². The van der Waals surface area contributed by atoms with Crippen LogP contribution in [0.5, 0.6) is 5.75 Å². The fraction of sp³-hybridized carbons (Fsp3) is 0.174. The Morgan fingerprint density at radius 1 is 0.960 bits per heavy atom. The number of nitrogens with zero attached hydrogens (tertiary/aromatic N) is 1. The quantitative estimate of drug-likeness (QED) is 0.330. The molecule has 0 amide bonds. The Bertz CT molecular complexity index is 1220. The van der Waals surface area contributed by atoms with Gasteiger partial charge in [-0.25, -0.2) is 0 Å². The SMILES string of the molecule is CC1(C)c2ccc[n+]3c2-c2c(cc4ccc5ccccc5c4c21)OC3. The number of rotatable bonds is 0. The van der Waals surface area contributed by atoms with Crippen LogP contribution in [0, 0.1) is 0 Å². The number of aromatic nitrogens is 1. The molecule has 1 aliphatic carbocycles. The van der Waals surface area contributed by atoms with Crippen LogP contribution >= 0.6 is 0 Å². The average Bonchev–Trinajstić information content (AvgIpc) is 2.89. The normalized spacial score (nSPS) is 16.1. The summed E-state index contributed by atoms with van der Waals surface area (Å²) in [5.74, 6) is 1.02. The van der Waals surface area contributed by atoms with Crippen LogP contribution in [0.25, 0.3) is 32.8 Å². The second-order valence-corrected chi connectivity index (χ2v) is 7.65. The van der Waals surface area contributed by atoms with E-state index in [4.69, 9.17) is 4.74 Å². The predicted octanol–water partition coefficient (Wildman–Crippen LogP) is 4.94. The summed E-state index contributed by atoms with van der Waals surface area (Å²) in [7, 11) is 0. The first-order valence-corrected chi connectivity index (χ1v) is 8.81. The largest absolute Gasteiger partial charge is 0.435 e. The van der Waals surface area contributed by atoms with Crippen LogP contribution in [0.3, 0.4) is 0 Å². The first-order valence-electron chi connectivity index (χ1n) is 8.81. The van der Waals surface area contributed by atoms with Gasteiger partial charge in [0.25, 0.3) is 6.73 Å². The van der Waals surface area contributed by atoms with E-state index in [0.29, 0.717) is 6.73 Å². The molecule has 4 aromatic rings. The Morgan fingerprint density at radius 2 is 1.80 bits per heavy atom. The minimum atomic E-state index is -0.0419. The minimum absolute atomic E-state index is 0.0419. The maximum atomic E-state index is 6.14. The van der Waals surface area contributed by atoms with Crippen molar-refractivity contribution < 1.29 is 9.30 Å². The van der Waals surface area contributed by atoms with E-state index in [1.165, 1.54) is 43.9 Å². The molecule has 0 saturated carbocycles. The number of pyridine rings is 1. The molecule has 1 aliphatic heterocycles. The summed E-state index contributed by atoms with van der Waals surface area (Å²) in [5, 5.41) is 5.26. The van der Waals surface area contributed by atoms with Gasteiger partial charge in [-0.05, 0) is 39.2 Å². The van der Waals surface area contributed by atoms with E-state index < -0.39 is 0 Å². The second kappa shape index (κ2) is 4.20. The first kappa shape index (κ1) is 13.4. The molecule has 0 unspecified atom stereocenters. The molecule has 2 aliphatic rings. The minimum Gasteiger partial charge on any atom is -0.435 e. The summed E-state index contributed by atoms with van der Waals surface area (Å²) < 4.78 is 8.38. The maximum Gasteiger partial charge on any atom is 0.292 e. The molecule has 0 bridgehead atoms. The Kier molecular flexibility index (Phi) is 2.26. The Balaban J connectivity index is 1.92. The fourth-order valence-corrected chi connectivity index (χ4v) is 4.84. The second-order valence-electron chi connectivity index (χ2n) is 7.65. The number of hydrogen-bond acceptors (Lipinski definition) is 1. The molecule has 0 atom stereocenters. The molecule has 2 heteroatoms. The average molecular weight is 324 g/mol. The molecule has 2 nitrogen and oxygen atoms in total. The van der Waals surface area contributed by atoms with Gasteiger partial charge in [0.05, 0.1) is 5.56 Å². The molecule has 3 aromatic carbocycles. The zero-order valence-electron chi connectivity index (χ0n) is 14.3. The highest BCUT2D eigenvalue weighted by Gasteiger charge is 2.46. The van der Waals surface area contributed by atoms with Crippen LogP contribution in [-0.4, -0.2) is 0 Å². The highest BCUT2D eigenvalue weighted by molar-refractivity contribution is 6.13. The van der Waals surface area contributed by atoms with Crippen molar-refractivity contribution >= 4 is 21.5 Å². The highest BCUT2D eigenvalue weighted by Crippen LogP contribution is 2.55. The van der Waals surface area contributed by atoms with Gasteiger partial charge in [0, 0.05) is 17.0 Å². The van der Waals surface area contributed by atoms with Crippen LogP contribution < -0.4 is 9.30 Å². The van der Waals surface area contributed by atoms with Crippen LogP contribution in [0.2, 0.25) is 0 Å². The van der Waals surface area contributed by atoms with Crippen molar-refractivity contribution in [2.24, 2.45) is 0 Å². The molecule has 25 heavy (non-hydrogen) atoms. The summed E-state index contributed by atoms with van der Waals surface area (Å²) in [4.78, 5) is 0. The molecule has 1 aromatic heterocycles. The molecule has 0 fully saturated rings. The fourth-order valence-electron chi connectivity index (χ4n) is 4.84. The zero-order chi connectivity index (χ0) is 16.8. The summed E-state index contributed by atoms with van der Waals surface area (Å²) in [6, 6.07) is 19.8. The standard InChI is InChI=1S/C23H18NO/c1-23(2)17-8-5-11-24-13-25-18-12-15-10-9-14-6-3-4-7-16(14)19(15)21(23)20(18)22(17)24/h3-12H,13H2,1-2H3/q+1. The summed E-state index contributed by atoms with van der Waals surface area (Å²) in [6.07, 6.45) is 2.13. The van der Waals surface area contributed by atoms with Gasteiger partial charge in [-0.15, -0.1) is 0 Å². The Morgan fingerprint density at radius 3 is 2.72 bits per heavy atom. The van der Waals surface area contributed by atoms with Gasteiger partial charge in [0.15, 0.2) is 6.20 Å². The van der Waals surface area contributed by atoms with Crippen LogP contribution in [0.1, 0.15) is 25.0 Å². The van der Waals surface area contributed by atoms with Gasteiger partial charge in [-0.2, -0.15) is 4.57 Å². The van der Waals surface area contributed by atoms with E-state index in [-0.39, 0.29) is 5.41 Å². The van der Waals surface area contributed by atoms with Crippen molar-refractivity contribution in [3.8, 4) is 17.0 Å². The van der Waals surface area contributed by atoms with E-state index in [2.05, 4.69) is 79.2 Å². The number of benzene rings is 3. The molecule has 0 spiro atoms. The molecule has 6 rings (SSSR count). The molecular formula is C23H18NO+. The van der Waals surface area contributed by atoms with Gasteiger partial charge in [0.2, 0.25) is 5.69 Å². The summed E-state index contributed by atoms with van der Waals surface area (Å²) in [6.45, 7) is 5.28. The number of ether oxygens (including phenoxy) is 1. The molecular weight excluding hydrogens is 306 g/mol. The van der Waals surface area contributed by atoms with Crippen molar-refractivity contribution in [3.63, 3.8) is 0 Å². The maximum absolute atomic E-state index is 6.14. The van der Waals surface area contributed by atoms with E-state index in [1.54, 1.807) is 0 Å². The van der Waals surface area contributed by atoms with Gasteiger partial charge >= 0.3 is 0 Å². The lowest BCUT2D eigenvalue weighted by atomic mass is 9.79. The number of fused-ring (bicyclic) bond motifs is 4. The van der Waals surface area contributed by atoms with Gasteiger partial charge in [-0.1, -0.05) is 50.2 Å². The first-order chi connectivity index (χ1) is 12.2. The van der Waals surface area contributed by atoms with Crippen molar-refractivity contribution in [1.29, 1.82) is 0 Å². The summed E-state index contributed by atoms with van der Waals surface area (Å²) >= 11 is 0. The van der Waals surface area contributed by atoms with E-state index >= 15 is 0 Å². The Labute approximate surface area is 146 Å². The highest BCUT2D eigenvalue weighted by atomic mass is 16.5. The van der Waals surface area contributed by atoms with Crippen molar-refractivity contribution in [1.82, 2.24) is 0 Å². The topological polar surface area (TPSA) is 13.1 Å². The van der Waals surface area contributed by atoms with E-state index in [0.717, 1.165) is 5.75 Å². The monoisotopic (exact) mass is 324 g/mol. The van der Waals surface area contributed by atoms with Crippen LogP contribution in [0.4, 0.5) is 0 Å².